The van der Waals surface area contributed by atoms with E-state index in [2.05, 4.69) is 11.9 Å². The molecule has 1 heterocycles. The Morgan fingerprint density at radius 2 is 2.10 bits per heavy atom. The van der Waals surface area contributed by atoms with E-state index >= 15 is 0 Å². The molecule has 0 bridgehead atoms. The van der Waals surface area contributed by atoms with Crippen molar-refractivity contribution in [2.45, 2.75) is 25.8 Å². The fourth-order valence-corrected chi connectivity index (χ4v) is 1.95. The van der Waals surface area contributed by atoms with E-state index in [0.29, 0.717) is 19.1 Å². The Hall–Kier alpha value is -1.74. The molecule has 0 saturated heterocycles. The van der Waals surface area contributed by atoms with Gasteiger partial charge in [0.15, 0.2) is 0 Å². The lowest BCUT2D eigenvalue weighted by molar-refractivity contribution is 0.292. The van der Waals surface area contributed by atoms with Gasteiger partial charge in [0.2, 0.25) is 0 Å². The molecule has 0 saturated carbocycles. The number of aromatic nitrogens is 1. The minimum Gasteiger partial charge on any atom is -0.493 e. The first-order valence-corrected chi connectivity index (χ1v) is 7.20. The van der Waals surface area contributed by atoms with Crippen molar-refractivity contribution in [3.8, 4) is 11.5 Å². The van der Waals surface area contributed by atoms with E-state index in [1.165, 1.54) is 0 Å². The van der Waals surface area contributed by atoms with Crippen LogP contribution in [0.4, 0.5) is 0 Å². The summed E-state index contributed by atoms with van der Waals surface area (Å²) in [5.41, 5.74) is 1.98. The minimum atomic E-state index is 0.413. The highest BCUT2D eigenvalue weighted by Gasteiger charge is 2.06. The summed E-state index contributed by atoms with van der Waals surface area (Å²) in [6.07, 6.45) is 4.51. The van der Waals surface area contributed by atoms with Crippen LogP contribution in [-0.4, -0.2) is 11.6 Å². The zero-order valence-corrected chi connectivity index (χ0v) is 12.3. The Morgan fingerprint density at radius 1 is 1.20 bits per heavy atom. The lowest BCUT2D eigenvalue weighted by Gasteiger charge is -2.12. The van der Waals surface area contributed by atoms with Crippen LogP contribution in [0.5, 0.6) is 11.5 Å². The molecular formula is C16H18ClNO2. The topological polar surface area (TPSA) is 31.4 Å². The number of ether oxygens (including phenoxy) is 2. The monoisotopic (exact) mass is 291 g/mol. The molecule has 0 spiro atoms. The second-order valence-electron chi connectivity index (χ2n) is 4.40. The van der Waals surface area contributed by atoms with Gasteiger partial charge in [0.25, 0.3) is 0 Å². The van der Waals surface area contributed by atoms with Crippen LogP contribution in [0.15, 0.2) is 42.7 Å². The Labute approximate surface area is 124 Å². The molecule has 2 rings (SSSR count). The maximum atomic E-state index is 5.94. The van der Waals surface area contributed by atoms with Crippen molar-refractivity contribution in [1.82, 2.24) is 4.98 Å². The fourth-order valence-electron chi connectivity index (χ4n) is 1.73. The van der Waals surface area contributed by atoms with Crippen molar-refractivity contribution in [3.63, 3.8) is 0 Å². The first-order valence-electron chi connectivity index (χ1n) is 6.67. The summed E-state index contributed by atoms with van der Waals surface area (Å²) < 4.78 is 11.4. The van der Waals surface area contributed by atoms with Crippen LogP contribution in [0.3, 0.4) is 0 Å². The quantitative estimate of drug-likeness (QED) is 0.717. The molecule has 0 radical (unpaired) electrons. The Bertz CT molecular complexity index is 531. The Kier molecular flexibility index (Phi) is 5.69. The third kappa shape index (κ3) is 4.14. The Balaban J connectivity index is 2.07. The van der Waals surface area contributed by atoms with Crippen molar-refractivity contribution in [3.05, 3.63) is 53.9 Å². The maximum Gasteiger partial charge on any atom is 0.127 e. The molecule has 0 aliphatic carbocycles. The molecule has 2 aromatic rings. The lowest BCUT2D eigenvalue weighted by atomic mass is 10.2. The van der Waals surface area contributed by atoms with Crippen LogP contribution in [-0.2, 0) is 12.5 Å². The second-order valence-corrected chi connectivity index (χ2v) is 4.67. The zero-order valence-electron chi connectivity index (χ0n) is 11.5. The fraction of sp³-hybridized carbons (Fsp3) is 0.312. The summed E-state index contributed by atoms with van der Waals surface area (Å²) in [6.45, 7) is 3.24. The number of alkyl halides is 1. The predicted molar refractivity (Wildman–Crippen MR) is 80.4 cm³/mol. The summed E-state index contributed by atoms with van der Waals surface area (Å²) in [5, 5.41) is 0. The van der Waals surface area contributed by atoms with Gasteiger partial charge in [-0.1, -0.05) is 19.1 Å². The maximum absolute atomic E-state index is 5.94. The highest BCUT2D eigenvalue weighted by atomic mass is 35.5. The lowest BCUT2D eigenvalue weighted by Crippen LogP contribution is -2.00. The van der Waals surface area contributed by atoms with Gasteiger partial charge >= 0.3 is 0 Å². The molecule has 106 valence electrons. The molecule has 20 heavy (non-hydrogen) atoms. The van der Waals surface area contributed by atoms with Crippen molar-refractivity contribution in [1.29, 1.82) is 0 Å². The molecule has 1 aromatic carbocycles. The minimum absolute atomic E-state index is 0.413. The van der Waals surface area contributed by atoms with Gasteiger partial charge in [-0.25, -0.2) is 0 Å². The van der Waals surface area contributed by atoms with Gasteiger partial charge in [-0.05, 0) is 18.6 Å². The molecule has 0 N–H and O–H groups in total. The van der Waals surface area contributed by atoms with E-state index in [-0.39, 0.29) is 0 Å². The van der Waals surface area contributed by atoms with Gasteiger partial charge < -0.3 is 9.47 Å². The molecule has 0 aliphatic heterocycles. The highest BCUT2D eigenvalue weighted by molar-refractivity contribution is 6.17. The van der Waals surface area contributed by atoms with E-state index in [1.54, 1.807) is 12.4 Å². The molecule has 3 nitrogen and oxygen atoms in total. The molecule has 0 aliphatic rings. The molecule has 0 unspecified atom stereocenters. The van der Waals surface area contributed by atoms with Crippen LogP contribution in [0.2, 0.25) is 0 Å². The van der Waals surface area contributed by atoms with Gasteiger partial charge in [-0.15, -0.1) is 11.6 Å². The number of hydrogen-bond donors (Lipinski definition) is 0. The van der Waals surface area contributed by atoms with Crippen molar-refractivity contribution in [2.75, 3.05) is 6.61 Å². The summed E-state index contributed by atoms with van der Waals surface area (Å²) in [6, 6.07) is 9.62. The molecule has 0 atom stereocenters. The summed E-state index contributed by atoms with van der Waals surface area (Å²) in [4.78, 5) is 4.07. The summed E-state index contributed by atoms with van der Waals surface area (Å²) in [5.74, 6) is 1.98. The number of nitrogens with zero attached hydrogens (tertiary/aromatic N) is 1. The van der Waals surface area contributed by atoms with Gasteiger partial charge in [0.1, 0.15) is 18.1 Å². The normalized spacial score (nSPS) is 10.3. The summed E-state index contributed by atoms with van der Waals surface area (Å²) in [7, 11) is 0. The zero-order chi connectivity index (χ0) is 14.2. The molecule has 0 fully saturated rings. The van der Waals surface area contributed by atoms with Crippen molar-refractivity contribution in [2.24, 2.45) is 0 Å². The van der Waals surface area contributed by atoms with Crippen LogP contribution < -0.4 is 9.47 Å². The van der Waals surface area contributed by atoms with Crippen LogP contribution >= 0.6 is 11.6 Å². The third-order valence-corrected chi connectivity index (χ3v) is 3.06. The summed E-state index contributed by atoms with van der Waals surface area (Å²) >= 11 is 5.94. The first-order chi connectivity index (χ1) is 9.83. The average Bonchev–Trinajstić information content (AvgIpc) is 2.52. The van der Waals surface area contributed by atoms with Crippen molar-refractivity contribution < 1.29 is 9.47 Å². The number of hydrogen-bond acceptors (Lipinski definition) is 3. The molecule has 0 amide bonds. The van der Waals surface area contributed by atoms with E-state index in [4.69, 9.17) is 21.1 Å². The average molecular weight is 292 g/mol. The number of rotatable bonds is 7. The van der Waals surface area contributed by atoms with E-state index in [0.717, 1.165) is 29.0 Å². The Morgan fingerprint density at radius 3 is 2.80 bits per heavy atom. The largest absolute Gasteiger partial charge is 0.493 e. The smallest absolute Gasteiger partial charge is 0.127 e. The highest BCUT2D eigenvalue weighted by Crippen LogP contribution is 2.27. The molecule has 1 aromatic heterocycles. The predicted octanol–water partition coefficient (Wildman–Crippen LogP) is 4.19. The van der Waals surface area contributed by atoms with E-state index < -0.39 is 0 Å². The second kappa shape index (κ2) is 7.75. The molecule has 4 heteroatoms. The van der Waals surface area contributed by atoms with Gasteiger partial charge in [-0.3, -0.25) is 4.98 Å². The van der Waals surface area contributed by atoms with Crippen LogP contribution in [0.25, 0.3) is 0 Å². The number of halogens is 1. The van der Waals surface area contributed by atoms with Crippen molar-refractivity contribution >= 4 is 11.6 Å². The number of benzene rings is 1. The first kappa shape index (κ1) is 14.7. The van der Waals surface area contributed by atoms with Gasteiger partial charge in [0, 0.05) is 29.6 Å². The SMILES string of the molecule is CCCOc1ccc(CCl)c(OCc2cccnc2)c1. The van der Waals surface area contributed by atoms with Crippen LogP contribution in [0, 0.1) is 0 Å². The van der Waals surface area contributed by atoms with Crippen LogP contribution in [0.1, 0.15) is 24.5 Å². The van der Waals surface area contributed by atoms with E-state index in [9.17, 15) is 0 Å². The van der Waals surface area contributed by atoms with Gasteiger partial charge in [-0.2, -0.15) is 0 Å². The molecular weight excluding hydrogens is 274 g/mol. The van der Waals surface area contributed by atoms with Gasteiger partial charge in [0.05, 0.1) is 12.5 Å². The standard InChI is InChI=1S/C16H18ClNO2/c1-2-8-19-15-6-5-14(10-17)16(9-15)20-12-13-4-3-7-18-11-13/h3-7,9,11H,2,8,10,12H2,1H3. The third-order valence-electron chi connectivity index (χ3n) is 2.77. The van der Waals surface area contributed by atoms with E-state index in [1.807, 2.05) is 30.3 Å². The number of pyridine rings is 1.